The standard InChI is InChI=1S/C23H29BFN5O2S/c1-16-6-3-4-7-19(16)21-14-22(30-23(28-21)20(24)15-27-30)26-12-5-13-29(2)33(31,32)18-10-8-17(25)9-11-18/h3,6,8-11,15,22,26H,4-5,7,12-14,24H2,1-2H3. The molecular weight excluding hydrogens is 440 g/mol. The molecule has 1 aromatic heterocycles. The Bertz CT molecular complexity index is 1220. The van der Waals surface area contributed by atoms with Crippen LogP contribution in [0.5, 0.6) is 0 Å². The van der Waals surface area contributed by atoms with Crippen LogP contribution in [0.15, 0.2) is 63.6 Å². The summed E-state index contributed by atoms with van der Waals surface area (Å²) >= 11 is 0. The Morgan fingerprint density at radius 3 is 2.79 bits per heavy atom. The molecule has 1 unspecified atom stereocenters. The SMILES string of the molecule is Bc1cnn2c1N=C(C1=C(C)C=CCC1)CC2NCCCN(C)S(=O)(=O)c1ccc(F)cc1. The van der Waals surface area contributed by atoms with Gasteiger partial charge in [0.15, 0.2) is 0 Å². The highest BCUT2D eigenvalue weighted by Gasteiger charge is 2.27. The molecule has 1 aliphatic carbocycles. The monoisotopic (exact) mass is 469 g/mol. The van der Waals surface area contributed by atoms with Gasteiger partial charge >= 0.3 is 0 Å². The molecule has 1 aromatic carbocycles. The number of hydrogen-bond donors (Lipinski definition) is 1. The van der Waals surface area contributed by atoms with Crippen LogP contribution in [0.3, 0.4) is 0 Å². The predicted molar refractivity (Wildman–Crippen MR) is 131 cm³/mol. The van der Waals surface area contributed by atoms with Gasteiger partial charge in [-0.15, -0.1) is 0 Å². The van der Waals surface area contributed by atoms with E-state index in [1.54, 1.807) is 7.05 Å². The third kappa shape index (κ3) is 5.02. The van der Waals surface area contributed by atoms with Crippen molar-refractivity contribution in [3.05, 3.63) is 59.6 Å². The number of nitrogens with zero attached hydrogens (tertiary/aromatic N) is 4. The second-order valence-electron chi connectivity index (χ2n) is 8.56. The van der Waals surface area contributed by atoms with Gasteiger partial charge in [0.1, 0.15) is 25.6 Å². The Balaban J connectivity index is 1.40. The fraction of sp³-hybridized carbons (Fsp3) is 0.391. The van der Waals surface area contributed by atoms with E-state index in [4.69, 9.17) is 4.99 Å². The maximum absolute atomic E-state index is 13.1. The van der Waals surface area contributed by atoms with Gasteiger partial charge in [0.2, 0.25) is 10.0 Å². The highest BCUT2D eigenvalue weighted by Crippen LogP contribution is 2.30. The molecule has 2 aliphatic rings. The number of benzene rings is 1. The average Bonchev–Trinajstić information content (AvgIpc) is 3.18. The highest BCUT2D eigenvalue weighted by atomic mass is 32.2. The number of halogens is 1. The second-order valence-corrected chi connectivity index (χ2v) is 10.6. The minimum Gasteiger partial charge on any atom is -0.295 e. The summed E-state index contributed by atoms with van der Waals surface area (Å²) in [5, 5.41) is 8.05. The van der Waals surface area contributed by atoms with Crippen molar-refractivity contribution in [1.29, 1.82) is 0 Å². The van der Waals surface area contributed by atoms with E-state index in [9.17, 15) is 12.8 Å². The summed E-state index contributed by atoms with van der Waals surface area (Å²) in [5.41, 5.74) is 4.70. The third-order valence-corrected chi connectivity index (χ3v) is 8.04. The fourth-order valence-electron chi connectivity index (χ4n) is 4.24. The third-order valence-electron chi connectivity index (χ3n) is 6.17. The second kappa shape index (κ2) is 9.74. The molecule has 0 bridgehead atoms. The Morgan fingerprint density at radius 2 is 2.06 bits per heavy atom. The van der Waals surface area contributed by atoms with Crippen molar-refractivity contribution in [2.75, 3.05) is 20.1 Å². The van der Waals surface area contributed by atoms with Crippen molar-refractivity contribution in [2.24, 2.45) is 4.99 Å². The molecule has 4 rings (SSSR count). The normalized spacial score (nSPS) is 18.5. The Kier molecular flexibility index (Phi) is 6.97. The Morgan fingerprint density at radius 1 is 1.30 bits per heavy atom. The zero-order valence-corrected chi connectivity index (χ0v) is 20.1. The van der Waals surface area contributed by atoms with Crippen molar-refractivity contribution in [1.82, 2.24) is 19.4 Å². The molecule has 0 saturated carbocycles. The summed E-state index contributed by atoms with van der Waals surface area (Å²) in [7, 11) is -0.0861. The largest absolute Gasteiger partial charge is 0.295 e. The summed E-state index contributed by atoms with van der Waals surface area (Å²) in [5.74, 6) is 0.416. The van der Waals surface area contributed by atoms with E-state index in [2.05, 4.69) is 29.5 Å². The van der Waals surface area contributed by atoms with E-state index in [1.165, 1.54) is 27.6 Å². The maximum Gasteiger partial charge on any atom is 0.242 e. The smallest absolute Gasteiger partial charge is 0.242 e. The molecule has 0 amide bonds. The molecular formula is C23H29BFN5O2S. The first kappa shape index (κ1) is 23.6. The van der Waals surface area contributed by atoms with Crippen molar-refractivity contribution < 1.29 is 12.8 Å². The van der Waals surface area contributed by atoms with Crippen LogP contribution in [0.2, 0.25) is 0 Å². The van der Waals surface area contributed by atoms with Gasteiger partial charge in [-0.25, -0.2) is 26.8 Å². The number of aliphatic imine (C=N–C) groups is 1. The molecule has 0 fully saturated rings. The van der Waals surface area contributed by atoms with Crippen LogP contribution < -0.4 is 10.8 Å². The molecule has 0 spiro atoms. The lowest BCUT2D eigenvalue weighted by molar-refractivity contribution is 0.365. The molecule has 1 atom stereocenters. The molecule has 2 aromatic rings. The van der Waals surface area contributed by atoms with E-state index in [0.717, 1.165) is 48.4 Å². The first-order valence-electron chi connectivity index (χ1n) is 11.2. The van der Waals surface area contributed by atoms with Gasteiger partial charge in [-0.05, 0) is 73.6 Å². The number of sulfonamides is 1. The van der Waals surface area contributed by atoms with Crippen LogP contribution >= 0.6 is 0 Å². The molecule has 2 heterocycles. The van der Waals surface area contributed by atoms with Gasteiger partial charge in [0.05, 0.1) is 4.90 Å². The molecule has 174 valence electrons. The minimum atomic E-state index is -3.65. The number of allylic oxidation sites excluding steroid dienone is 4. The van der Waals surface area contributed by atoms with Gasteiger partial charge in [-0.1, -0.05) is 12.2 Å². The summed E-state index contributed by atoms with van der Waals surface area (Å²) in [6.07, 6.45) is 9.54. The van der Waals surface area contributed by atoms with Crippen LogP contribution in [0.4, 0.5) is 10.2 Å². The zero-order valence-electron chi connectivity index (χ0n) is 19.3. The fourth-order valence-corrected chi connectivity index (χ4v) is 5.45. The molecule has 33 heavy (non-hydrogen) atoms. The van der Waals surface area contributed by atoms with Gasteiger partial charge in [0.25, 0.3) is 0 Å². The number of aromatic nitrogens is 2. The highest BCUT2D eigenvalue weighted by molar-refractivity contribution is 7.89. The van der Waals surface area contributed by atoms with Crippen LogP contribution in [-0.2, 0) is 10.0 Å². The number of hydrogen-bond acceptors (Lipinski definition) is 5. The van der Waals surface area contributed by atoms with E-state index in [0.29, 0.717) is 19.5 Å². The molecule has 0 radical (unpaired) electrons. The summed E-state index contributed by atoms with van der Waals surface area (Å²) in [6, 6.07) is 4.91. The van der Waals surface area contributed by atoms with Crippen LogP contribution in [0.25, 0.3) is 0 Å². The minimum absolute atomic E-state index is 0.0357. The van der Waals surface area contributed by atoms with Gasteiger partial charge in [0, 0.05) is 31.9 Å². The van der Waals surface area contributed by atoms with Crippen molar-refractivity contribution in [3.63, 3.8) is 0 Å². The van der Waals surface area contributed by atoms with Crippen molar-refractivity contribution in [2.45, 2.75) is 43.7 Å². The first-order chi connectivity index (χ1) is 15.8. The Hall–Kier alpha value is -2.56. The number of rotatable bonds is 8. The summed E-state index contributed by atoms with van der Waals surface area (Å²) in [4.78, 5) is 5.02. The molecule has 1 N–H and O–H groups in total. The van der Waals surface area contributed by atoms with E-state index in [-0.39, 0.29) is 11.1 Å². The van der Waals surface area contributed by atoms with Gasteiger partial charge in [-0.2, -0.15) is 5.10 Å². The van der Waals surface area contributed by atoms with E-state index < -0.39 is 15.8 Å². The average molecular weight is 469 g/mol. The number of nitrogens with one attached hydrogen (secondary N) is 1. The summed E-state index contributed by atoms with van der Waals surface area (Å²) in [6.45, 7) is 3.10. The topological polar surface area (TPSA) is 79.6 Å². The zero-order chi connectivity index (χ0) is 23.6. The number of fused-ring (bicyclic) bond motifs is 1. The molecule has 7 nitrogen and oxygen atoms in total. The quantitative estimate of drug-likeness (QED) is 0.475. The van der Waals surface area contributed by atoms with E-state index >= 15 is 0 Å². The van der Waals surface area contributed by atoms with Crippen molar-refractivity contribution in [3.8, 4) is 0 Å². The van der Waals surface area contributed by atoms with Gasteiger partial charge < -0.3 is 0 Å². The lowest BCUT2D eigenvalue weighted by atomic mass is 9.91. The van der Waals surface area contributed by atoms with Crippen LogP contribution in [0, 0.1) is 5.82 Å². The maximum atomic E-state index is 13.1. The predicted octanol–water partition coefficient (Wildman–Crippen LogP) is 2.22. The molecule has 1 aliphatic heterocycles. The van der Waals surface area contributed by atoms with Crippen LogP contribution in [-0.4, -0.2) is 56.2 Å². The van der Waals surface area contributed by atoms with Gasteiger partial charge in [-0.3, -0.25) is 5.32 Å². The van der Waals surface area contributed by atoms with Crippen molar-refractivity contribution >= 4 is 34.9 Å². The van der Waals surface area contributed by atoms with Crippen LogP contribution in [0.1, 0.15) is 38.8 Å². The lowest BCUT2D eigenvalue weighted by Gasteiger charge is -2.28. The first-order valence-corrected chi connectivity index (χ1v) is 12.6. The Labute approximate surface area is 195 Å². The molecule has 10 heteroatoms. The lowest BCUT2D eigenvalue weighted by Crippen LogP contribution is -2.35. The van der Waals surface area contributed by atoms with E-state index in [1.807, 2.05) is 18.7 Å². The summed E-state index contributed by atoms with van der Waals surface area (Å²) < 4.78 is 41.8. The molecule has 0 saturated heterocycles.